The zero-order chi connectivity index (χ0) is 16.7. The summed E-state index contributed by atoms with van der Waals surface area (Å²) in [6, 6.07) is 0. The lowest BCUT2D eigenvalue weighted by Gasteiger charge is -2.36. The van der Waals surface area contributed by atoms with E-state index in [0.29, 0.717) is 18.3 Å². The van der Waals surface area contributed by atoms with Crippen molar-refractivity contribution in [1.82, 2.24) is 25.3 Å². The Kier molecular flexibility index (Phi) is 9.01. The van der Waals surface area contributed by atoms with E-state index in [2.05, 4.69) is 32.3 Å². The van der Waals surface area contributed by atoms with Crippen molar-refractivity contribution in [2.45, 2.75) is 33.6 Å². The Morgan fingerprint density at radius 2 is 1.96 bits per heavy atom. The summed E-state index contributed by atoms with van der Waals surface area (Å²) in [5.74, 6) is 2.39. The molecule has 1 saturated heterocycles. The standard InChI is InChI=1S/C15H26N6O2.HI/c1-4-16-15(21-10-8-20(9-11-21)13(3)22)17-7-5-6-14-18-12(2)19-23-14;/h4-11H2,1-3H3,(H,16,17);1H. The van der Waals surface area contributed by atoms with Crippen molar-refractivity contribution in [3.8, 4) is 0 Å². The van der Waals surface area contributed by atoms with Crippen LogP contribution in [-0.4, -0.2) is 71.1 Å². The molecule has 1 aliphatic heterocycles. The molecule has 24 heavy (non-hydrogen) atoms. The lowest BCUT2D eigenvalue weighted by Crippen LogP contribution is -2.53. The Labute approximate surface area is 160 Å². The molecule has 1 aliphatic rings. The molecule has 9 heteroatoms. The first-order valence-corrected chi connectivity index (χ1v) is 8.18. The van der Waals surface area contributed by atoms with Crippen LogP contribution in [0.25, 0.3) is 0 Å². The van der Waals surface area contributed by atoms with Crippen molar-refractivity contribution in [2.75, 3.05) is 39.3 Å². The molecule has 2 heterocycles. The summed E-state index contributed by atoms with van der Waals surface area (Å²) in [5.41, 5.74) is 0. The minimum absolute atomic E-state index is 0. The van der Waals surface area contributed by atoms with Gasteiger partial charge < -0.3 is 19.6 Å². The fraction of sp³-hybridized carbons (Fsp3) is 0.733. The molecular formula is C15H27IN6O2. The molecule has 2 rings (SSSR count). The molecule has 0 aromatic carbocycles. The molecule has 1 N–H and O–H groups in total. The second-order valence-corrected chi connectivity index (χ2v) is 5.57. The average Bonchev–Trinajstić information content (AvgIpc) is 2.96. The van der Waals surface area contributed by atoms with E-state index in [9.17, 15) is 4.79 Å². The van der Waals surface area contributed by atoms with E-state index in [1.54, 1.807) is 6.92 Å². The molecule has 136 valence electrons. The normalized spacial score (nSPS) is 15.2. The van der Waals surface area contributed by atoms with E-state index < -0.39 is 0 Å². The van der Waals surface area contributed by atoms with E-state index in [-0.39, 0.29) is 29.9 Å². The lowest BCUT2D eigenvalue weighted by atomic mass is 10.3. The summed E-state index contributed by atoms with van der Waals surface area (Å²) in [4.78, 5) is 24.3. The SMILES string of the molecule is CCNC(=NCCCc1nc(C)no1)N1CCN(C(C)=O)CC1.I. The zero-order valence-corrected chi connectivity index (χ0v) is 16.9. The van der Waals surface area contributed by atoms with Crippen LogP contribution in [0.5, 0.6) is 0 Å². The van der Waals surface area contributed by atoms with Gasteiger partial charge >= 0.3 is 0 Å². The van der Waals surface area contributed by atoms with Crippen molar-refractivity contribution in [2.24, 2.45) is 4.99 Å². The van der Waals surface area contributed by atoms with Gasteiger partial charge in [-0.15, -0.1) is 24.0 Å². The van der Waals surface area contributed by atoms with Crippen molar-refractivity contribution >= 4 is 35.8 Å². The number of rotatable bonds is 5. The van der Waals surface area contributed by atoms with Crippen LogP contribution in [-0.2, 0) is 11.2 Å². The van der Waals surface area contributed by atoms with Gasteiger partial charge in [0.15, 0.2) is 11.8 Å². The Hall–Kier alpha value is -1.39. The van der Waals surface area contributed by atoms with Crippen LogP contribution in [0, 0.1) is 6.92 Å². The number of aromatic nitrogens is 2. The largest absolute Gasteiger partial charge is 0.357 e. The fourth-order valence-corrected chi connectivity index (χ4v) is 2.52. The predicted molar refractivity (Wildman–Crippen MR) is 103 cm³/mol. The zero-order valence-electron chi connectivity index (χ0n) is 14.6. The summed E-state index contributed by atoms with van der Waals surface area (Å²) < 4.78 is 5.10. The van der Waals surface area contributed by atoms with Gasteiger partial charge in [0, 0.05) is 52.6 Å². The smallest absolute Gasteiger partial charge is 0.226 e. The first-order chi connectivity index (χ1) is 11.1. The Morgan fingerprint density at radius 3 is 2.50 bits per heavy atom. The van der Waals surface area contributed by atoms with Crippen molar-refractivity contribution in [3.63, 3.8) is 0 Å². The first kappa shape index (κ1) is 20.7. The van der Waals surface area contributed by atoms with Gasteiger partial charge in [-0.2, -0.15) is 4.98 Å². The first-order valence-electron chi connectivity index (χ1n) is 8.18. The van der Waals surface area contributed by atoms with E-state index in [1.807, 2.05) is 11.8 Å². The minimum atomic E-state index is 0. The predicted octanol–water partition coefficient (Wildman–Crippen LogP) is 1.06. The number of nitrogens with zero attached hydrogens (tertiary/aromatic N) is 5. The quantitative estimate of drug-likeness (QED) is 0.313. The van der Waals surface area contributed by atoms with E-state index >= 15 is 0 Å². The number of carbonyl (C=O) groups is 1. The number of hydrogen-bond acceptors (Lipinski definition) is 5. The second kappa shape index (κ2) is 10.5. The number of piperazine rings is 1. The third-order valence-corrected chi connectivity index (χ3v) is 3.74. The number of hydrogen-bond donors (Lipinski definition) is 1. The number of halogens is 1. The van der Waals surface area contributed by atoms with Crippen molar-refractivity contribution < 1.29 is 9.32 Å². The van der Waals surface area contributed by atoms with Gasteiger partial charge in [-0.25, -0.2) is 0 Å². The van der Waals surface area contributed by atoms with Gasteiger partial charge in [0.1, 0.15) is 0 Å². The average molecular weight is 450 g/mol. The molecule has 1 fully saturated rings. The van der Waals surface area contributed by atoms with Crippen molar-refractivity contribution in [3.05, 3.63) is 11.7 Å². The third kappa shape index (κ3) is 6.25. The van der Waals surface area contributed by atoms with Crippen LogP contribution in [0.1, 0.15) is 32.0 Å². The van der Waals surface area contributed by atoms with Crippen LogP contribution in [0.2, 0.25) is 0 Å². The Balaban J connectivity index is 0.00000288. The van der Waals surface area contributed by atoms with Gasteiger partial charge in [0.2, 0.25) is 11.8 Å². The molecule has 1 amide bonds. The van der Waals surface area contributed by atoms with Crippen LogP contribution < -0.4 is 5.32 Å². The maximum absolute atomic E-state index is 11.4. The van der Waals surface area contributed by atoms with E-state index in [0.717, 1.165) is 51.5 Å². The fourth-order valence-electron chi connectivity index (χ4n) is 2.52. The summed E-state index contributed by atoms with van der Waals surface area (Å²) in [6.45, 7) is 10.2. The van der Waals surface area contributed by atoms with Gasteiger partial charge in [0.25, 0.3) is 0 Å². The maximum Gasteiger partial charge on any atom is 0.226 e. The van der Waals surface area contributed by atoms with Gasteiger partial charge in [-0.3, -0.25) is 9.79 Å². The van der Waals surface area contributed by atoms with Gasteiger partial charge in [-0.05, 0) is 20.3 Å². The molecule has 0 unspecified atom stereocenters. The summed E-state index contributed by atoms with van der Waals surface area (Å²) in [5, 5.41) is 7.10. The number of nitrogens with one attached hydrogen (secondary N) is 1. The van der Waals surface area contributed by atoms with E-state index in [4.69, 9.17) is 4.52 Å². The molecular weight excluding hydrogens is 423 g/mol. The summed E-state index contributed by atoms with van der Waals surface area (Å²) in [7, 11) is 0. The molecule has 0 spiro atoms. The number of amides is 1. The van der Waals surface area contributed by atoms with Crippen LogP contribution in [0.3, 0.4) is 0 Å². The molecule has 0 saturated carbocycles. The monoisotopic (exact) mass is 450 g/mol. The maximum atomic E-state index is 11.4. The number of aliphatic imine (C=N–C) groups is 1. The Morgan fingerprint density at radius 1 is 1.29 bits per heavy atom. The minimum Gasteiger partial charge on any atom is -0.357 e. The third-order valence-electron chi connectivity index (χ3n) is 3.74. The van der Waals surface area contributed by atoms with Crippen LogP contribution in [0.15, 0.2) is 9.52 Å². The highest BCUT2D eigenvalue weighted by Crippen LogP contribution is 2.04. The highest BCUT2D eigenvalue weighted by molar-refractivity contribution is 14.0. The van der Waals surface area contributed by atoms with E-state index in [1.165, 1.54) is 0 Å². The molecule has 1 aromatic heterocycles. The highest BCUT2D eigenvalue weighted by Gasteiger charge is 2.20. The van der Waals surface area contributed by atoms with Crippen LogP contribution >= 0.6 is 24.0 Å². The molecule has 0 aliphatic carbocycles. The summed E-state index contributed by atoms with van der Waals surface area (Å²) in [6.07, 6.45) is 1.60. The molecule has 1 aromatic rings. The number of guanidine groups is 1. The Bertz CT molecular complexity index is 540. The van der Waals surface area contributed by atoms with Gasteiger partial charge in [-0.1, -0.05) is 5.16 Å². The molecule has 0 atom stereocenters. The molecule has 0 radical (unpaired) electrons. The molecule has 8 nitrogen and oxygen atoms in total. The van der Waals surface area contributed by atoms with Crippen molar-refractivity contribution in [1.29, 1.82) is 0 Å². The number of aryl methyl sites for hydroxylation is 2. The topological polar surface area (TPSA) is 86.9 Å². The number of carbonyl (C=O) groups excluding carboxylic acids is 1. The molecule has 0 bridgehead atoms. The lowest BCUT2D eigenvalue weighted by molar-refractivity contribution is -0.130. The summed E-state index contributed by atoms with van der Waals surface area (Å²) >= 11 is 0. The highest BCUT2D eigenvalue weighted by atomic mass is 127. The van der Waals surface area contributed by atoms with Crippen LogP contribution in [0.4, 0.5) is 0 Å². The van der Waals surface area contributed by atoms with Gasteiger partial charge in [0.05, 0.1) is 0 Å². The second-order valence-electron chi connectivity index (χ2n) is 5.57.